The number of fused-ring (bicyclic) bond motifs is 1. The predicted molar refractivity (Wildman–Crippen MR) is 89.6 cm³/mol. The first-order valence-corrected chi connectivity index (χ1v) is 7.57. The molecule has 1 aliphatic rings. The number of hydrogen-bond acceptors (Lipinski definition) is 6. The lowest BCUT2D eigenvalue weighted by molar-refractivity contribution is -0.130. The SMILES string of the molecule is N#CCOc1ccc(/C=N\NC(=O)[C@@H]2COc3ccccc3O2)cc1. The molecular formula is C18H15N3O4. The van der Waals surface area contributed by atoms with Crippen LogP contribution in [-0.2, 0) is 4.79 Å². The molecule has 0 radical (unpaired) electrons. The molecule has 0 saturated carbocycles. The average molecular weight is 337 g/mol. The van der Waals surface area contributed by atoms with E-state index < -0.39 is 6.10 Å². The molecule has 0 aliphatic carbocycles. The van der Waals surface area contributed by atoms with Gasteiger partial charge < -0.3 is 14.2 Å². The Labute approximate surface area is 144 Å². The Bertz CT molecular complexity index is 812. The number of nitrogens with one attached hydrogen (secondary N) is 1. The van der Waals surface area contributed by atoms with Gasteiger partial charge in [0, 0.05) is 0 Å². The normalized spacial score (nSPS) is 15.4. The Morgan fingerprint density at radius 1 is 1.28 bits per heavy atom. The average Bonchev–Trinajstić information content (AvgIpc) is 2.67. The predicted octanol–water partition coefficient (Wildman–Crippen LogP) is 1.88. The Hall–Kier alpha value is -3.53. The second-order valence-electron chi connectivity index (χ2n) is 5.11. The van der Waals surface area contributed by atoms with E-state index in [0.717, 1.165) is 5.56 Å². The maximum absolute atomic E-state index is 12.1. The first kappa shape index (κ1) is 16.3. The first-order valence-electron chi connectivity index (χ1n) is 7.57. The van der Waals surface area contributed by atoms with Crippen molar-refractivity contribution >= 4 is 12.1 Å². The van der Waals surface area contributed by atoms with Crippen LogP contribution in [0.3, 0.4) is 0 Å². The third kappa shape index (κ3) is 4.26. The van der Waals surface area contributed by atoms with Crippen molar-refractivity contribution in [1.29, 1.82) is 5.26 Å². The maximum Gasteiger partial charge on any atom is 0.284 e. The van der Waals surface area contributed by atoms with Gasteiger partial charge in [-0.05, 0) is 42.0 Å². The van der Waals surface area contributed by atoms with Gasteiger partial charge in [0.2, 0.25) is 6.10 Å². The topological polar surface area (TPSA) is 92.9 Å². The maximum atomic E-state index is 12.1. The molecule has 126 valence electrons. The summed E-state index contributed by atoms with van der Waals surface area (Å²) in [7, 11) is 0. The highest BCUT2D eigenvalue weighted by molar-refractivity contribution is 5.85. The molecule has 1 amide bonds. The first-order chi connectivity index (χ1) is 12.3. The molecule has 2 aromatic carbocycles. The molecule has 0 spiro atoms. The lowest BCUT2D eigenvalue weighted by Crippen LogP contribution is -2.42. The molecular weight excluding hydrogens is 322 g/mol. The van der Waals surface area contributed by atoms with Crippen LogP contribution in [0.1, 0.15) is 5.56 Å². The summed E-state index contributed by atoms with van der Waals surface area (Å²) in [5.41, 5.74) is 3.21. The van der Waals surface area contributed by atoms with E-state index >= 15 is 0 Å². The van der Waals surface area contributed by atoms with E-state index in [-0.39, 0.29) is 19.1 Å². The molecule has 3 rings (SSSR count). The Morgan fingerprint density at radius 2 is 2.04 bits per heavy atom. The number of ether oxygens (including phenoxy) is 3. The van der Waals surface area contributed by atoms with E-state index in [1.807, 2.05) is 18.2 Å². The van der Waals surface area contributed by atoms with Gasteiger partial charge in [0.05, 0.1) is 6.21 Å². The summed E-state index contributed by atoms with van der Waals surface area (Å²) in [5, 5.41) is 12.4. The monoisotopic (exact) mass is 337 g/mol. The lowest BCUT2D eigenvalue weighted by Gasteiger charge is -2.24. The fraction of sp³-hybridized carbons (Fsp3) is 0.167. The Balaban J connectivity index is 1.52. The highest BCUT2D eigenvalue weighted by Crippen LogP contribution is 2.30. The molecule has 0 bridgehead atoms. The van der Waals surface area contributed by atoms with Crippen LogP contribution < -0.4 is 19.6 Å². The van der Waals surface area contributed by atoms with Gasteiger partial charge in [-0.15, -0.1) is 0 Å². The molecule has 0 aromatic heterocycles. The zero-order valence-corrected chi connectivity index (χ0v) is 13.2. The quantitative estimate of drug-likeness (QED) is 0.664. The molecule has 0 saturated heterocycles. The highest BCUT2D eigenvalue weighted by Gasteiger charge is 2.26. The van der Waals surface area contributed by atoms with Crippen LogP contribution in [0.5, 0.6) is 17.2 Å². The molecule has 7 nitrogen and oxygen atoms in total. The molecule has 0 fully saturated rings. The number of rotatable bonds is 5. The van der Waals surface area contributed by atoms with E-state index in [4.69, 9.17) is 19.5 Å². The summed E-state index contributed by atoms with van der Waals surface area (Å²) in [5.74, 6) is 1.36. The number of hydrogen-bond donors (Lipinski definition) is 1. The van der Waals surface area contributed by atoms with Crippen molar-refractivity contribution < 1.29 is 19.0 Å². The number of nitrogens with zero attached hydrogens (tertiary/aromatic N) is 2. The van der Waals surface area contributed by atoms with E-state index in [0.29, 0.717) is 17.2 Å². The minimum atomic E-state index is -0.756. The molecule has 7 heteroatoms. The zero-order valence-electron chi connectivity index (χ0n) is 13.2. The van der Waals surface area contributed by atoms with Crippen molar-refractivity contribution in [3.63, 3.8) is 0 Å². The van der Waals surface area contributed by atoms with Gasteiger partial charge in [0.15, 0.2) is 18.1 Å². The molecule has 1 atom stereocenters. The molecule has 0 unspecified atom stereocenters. The molecule has 1 N–H and O–H groups in total. The number of hydrazone groups is 1. The van der Waals surface area contributed by atoms with Crippen molar-refractivity contribution in [2.75, 3.05) is 13.2 Å². The van der Waals surface area contributed by atoms with Gasteiger partial charge in [0.1, 0.15) is 18.4 Å². The number of carbonyl (C=O) groups is 1. The van der Waals surface area contributed by atoms with Gasteiger partial charge >= 0.3 is 0 Å². The van der Waals surface area contributed by atoms with Crippen LogP contribution in [-0.4, -0.2) is 31.4 Å². The van der Waals surface area contributed by atoms with Crippen molar-refractivity contribution in [3.8, 4) is 23.3 Å². The highest BCUT2D eigenvalue weighted by atomic mass is 16.6. The summed E-state index contributed by atoms with van der Waals surface area (Å²) in [6, 6.07) is 16.0. The van der Waals surface area contributed by atoms with E-state index in [1.165, 1.54) is 6.21 Å². The summed E-state index contributed by atoms with van der Waals surface area (Å²) in [4.78, 5) is 12.1. The number of benzene rings is 2. The van der Waals surface area contributed by atoms with Crippen LogP contribution in [0.2, 0.25) is 0 Å². The number of nitriles is 1. The van der Waals surface area contributed by atoms with Crippen molar-refractivity contribution in [2.24, 2.45) is 5.10 Å². The van der Waals surface area contributed by atoms with Crippen molar-refractivity contribution in [2.45, 2.75) is 6.10 Å². The molecule has 1 heterocycles. The molecule has 2 aromatic rings. The van der Waals surface area contributed by atoms with Crippen LogP contribution in [0.25, 0.3) is 0 Å². The summed E-state index contributed by atoms with van der Waals surface area (Å²) >= 11 is 0. The number of para-hydroxylation sites is 2. The largest absolute Gasteiger partial charge is 0.485 e. The van der Waals surface area contributed by atoms with Crippen LogP contribution >= 0.6 is 0 Å². The summed E-state index contributed by atoms with van der Waals surface area (Å²) < 4.78 is 16.2. The second-order valence-corrected chi connectivity index (χ2v) is 5.11. The van der Waals surface area contributed by atoms with E-state index in [2.05, 4.69) is 10.5 Å². The van der Waals surface area contributed by atoms with E-state index in [9.17, 15) is 4.79 Å². The van der Waals surface area contributed by atoms with Gasteiger partial charge in [0.25, 0.3) is 5.91 Å². The molecule has 25 heavy (non-hydrogen) atoms. The smallest absolute Gasteiger partial charge is 0.284 e. The zero-order chi connectivity index (χ0) is 17.5. The summed E-state index contributed by atoms with van der Waals surface area (Å²) in [6.45, 7) is 0.124. The lowest BCUT2D eigenvalue weighted by atomic mass is 10.2. The summed E-state index contributed by atoms with van der Waals surface area (Å²) in [6.07, 6.45) is 0.748. The van der Waals surface area contributed by atoms with Gasteiger partial charge in [-0.3, -0.25) is 4.79 Å². The number of amides is 1. The number of carbonyl (C=O) groups excluding carboxylic acids is 1. The Morgan fingerprint density at radius 3 is 2.80 bits per heavy atom. The van der Waals surface area contributed by atoms with Crippen LogP contribution in [0.4, 0.5) is 0 Å². The minimum Gasteiger partial charge on any atom is -0.485 e. The van der Waals surface area contributed by atoms with Gasteiger partial charge in [-0.1, -0.05) is 12.1 Å². The fourth-order valence-corrected chi connectivity index (χ4v) is 2.16. The van der Waals surface area contributed by atoms with Crippen molar-refractivity contribution in [1.82, 2.24) is 5.43 Å². The van der Waals surface area contributed by atoms with Crippen molar-refractivity contribution in [3.05, 3.63) is 54.1 Å². The van der Waals surface area contributed by atoms with Crippen LogP contribution in [0, 0.1) is 11.3 Å². The Kier molecular flexibility index (Phi) is 5.12. The molecule has 1 aliphatic heterocycles. The van der Waals surface area contributed by atoms with Gasteiger partial charge in [-0.2, -0.15) is 10.4 Å². The standard InChI is InChI=1S/C18H15N3O4/c19-9-10-23-14-7-5-13(6-8-14)11-20-21-18(22)17-12-24-15-3-1-2-4-16(15)25-17/h1-8,11,17H,10,12H2,(H,21,22)/b20-11-/t17-/m0/s1. The third-order valence-electron chi connectivity index (χ3n) is 3.37. The van der Waals surface area contributed by atoms with Gasteiger partial charge in [-0.25, -0.2) is 5.43 Å². The van der Waals surface area contributed by atoms with E-state index in [1.54, 1.807) is 36.4 Å². The fourth-order valence-electron chi connectivity index (χ4n) is 2.16. The minimum absolute atomic E-state index is 0.00389. The third-order valence-corrected chi connectivity index (χ3v) is 3.37. The second kappa shape index (κ2) is 7.84. The van der Waals surface area contributed by atoms with Crippen LogP contribution in [0.15, 0.2) is 53.6 Å².